The van der Waals surface area contributed by atoms with E-state index in [0.717, 1.165) is 25.7 Å². The van der Waals surface area contributed by atoms with Crippen LogP contribution < -0.4 is 0 Å². The lowest BCUT2D eigenvalue weighted by molar-refractivity contribution is 0.568. The second-order valence-corrected chi connectivity index (χ2v) is 12.7. The van der Waals surface area contributed by atoms with Gasteiger partial charge in [0.2, 0.25) is 0 Å². The van der Waals surface area contributed by atoms with Gasteiger partial charge in [0.1, 0.15) is 13.6 Å². The lowest BCUT2D eigenvalue weighted by atomic mass is 10.0. The zero-order chi connectivity index (χ0) is 15.4. The van der Waals surface area contributed by atoms with Crippen LogP contribution >= 0.6 is 0 Å². The molecule has 0 atom stereocenters. The van der Waals surface area contributed by atoms with Crippen LogP contribution in [0.15, 0.2) is 5.11 Å². The molecule has 112 valence electrons. The zero-order valence-electron chi connectivity index (χ0n) is 13.9. The fraction of sp³-hybridized carbons (Fsp3) is 0.875. The minimum atomic E-state index is -1.72. The van der Waals surface area contributed by atoms with Crippen molar-refractivity contribution in [1.82, 2.24) is 0 Å². The minimum absolute atomic E-state index is 0.411. The number of azide groups is 1. The summed E-state index contributed by atoms with van der Waals surface area (Å²) in [6.45, 7) is 13.9. The molecule has 4 heteroatoms. The second kappa shape index (κ2) is 6.69. The van der Waals surface area contributed by atoms with E-state index in [2.05, 4.69) is 63.0 Å². The lowest BCUT2D eigenvalue weighted by Gasteiger charge is -2.38. The van der Waals surface area contributed by atoms with Gasteiger partial charge in [-0.3, -0.25) is 0 Å². The summed E-state index contributed by atoms with van der Waals surface area (Å²) in [5, 5.41) is 4.07. The minimum Gasteiger partial charge on any atom is -0.130 e. The van der Waals surface area contributed by atoms with Gasteiger partial charge in [-0.05, 0) is 35.0 Å². The van der Waals surface area contributed by atoms with Crippen LogP contribution in [0.4, 0.5) is 0 Å². The summed E-state index contributed by atoms with van der Waals surface area (Å²) in [4.78, 5) is 3.06. The molecule has 0 N–H and O–H groups in total. The van der Waals surface area contributed by atoms with E-state index < -0.39 is 13.6 Å². The summed E-state index contributed by atoms with van der Waals surface area (Å²) in [6, 6.07) is 0. The van der Waals surface area contributed by atoms with Crippen molar-refractivity contribution in [2.75, 3.05) is 0 Å². The Balaban J connectivity index is 3.26. The van der Waals surface area contributed by atoms with Gasteiger partial charge in [-0.2, -0.15) is 0 Å². The molecule has 0 radical (unpaired) electrons. The maximum absolute atomic E-state index is 8.85. The first-order chi connectivity index (χ1) is 9.31. The number of hydrogen-bond donors (Lipinski definition) is 0. The first-order valence-corrected chi connectivity index (χ1v) is 10.1. The van der Waals surface area contributed by atoms with Crippen molar-refractivity contribution in [3.05, 3.63) is 10.4 Å². The smallest absolute Gasteiger partial charge is 0.130 e. The van der Waals surface area contributed by atoms with Gasteiger partial charge < -0.3 is 0 Å². The maximum Gasteiger partial charge on any atom is 0.145 e. The molecule has 1 fully saturated rings. The molecule has 0 spiro atoms. The molecule has 0 saturated heterocycles. The van der Waals surface area contributed by atoms with Crippen LogP contribution in [0.25, 0.3) is 10.4 Å². The highest BCUT2D eigenvalue weighted by atomic mass is 28.3. The molecule has 0 heterocycles. The summed E-state index contributed by atoms with van der Waals surface area (Å²) in [7, 11) is -1.72. The van der Waals surface area contributed by atoms with Crippen LogP contribution in [-0.4, -0.2) is 13.6 Å². The van der Waals surface area contributed by atoms with Gasteiger partial charge in [0.05, 0.1) is 0 Å². The first kappa shape index (κ1) is 17.1. The van der Waals surface area contributed by atoms with Crippen LogP contribution in [0.5, 0.6) is 0 Å². The van der Waals surface area contributed by atoms with Gasteiger partial charge in [0, 0.05) is 4.91 Å². The molecule has 0 aromatic rings. The van der Waals surface area contributed by atoms with Crippen molar-refractivity contribution in [1.29, 1.82) is 0 Å². The van der Waals surface area contributed by atoms with Crippen LogP contribution in [-0.2, 0) is 0 Å². The molecule has 1 aliphatic carbocycles. The van der Waals surface area contributed by atoms with Crippen molar-refractivity contribution in [2.45, 2.75) is 89.4 Å². The quantitative estimate of drug-likeness (QED) is 0.206. The summed E-state index contributed by atoms with van der Waals surface area (Å²) in [5.74, 6) is 3.47. The maximum atomic E-state index is 8.85. The van der Waals surface area contributed by atoms with E-state index >= 15 is 0 Å². The second-order valence-electron chi connectivity index (χ2n) is 7.08. The Labute approximate surface area is 125 Å². The normalized spacial score (nSPS) is 18.1. The van der Waals surface area contributed by atoms with Gasteiger partial charge in [0.15, 0.2) is 0 Å². The Hall–Kier alpha value is -0.913. The summed E-state index contributed by atoms with van der Waals surface area (Å²) in [5.41, 5.74) is 14.0. The van der Waals surface area contributed by atoms with Crippen molar-refractivity contribution >= 4 is 8.07 Å². The highest BCUT2D eigenvalue weighted by molar-refractivity contribution is 6.90. The average Bonchev–Trinajstić information content (AvgIpc) is 2.78. The summed E-state index contributed by atoms with van der Waals surface area (Å²) >= 11 is 0. The number of nitrogens with zero attached hydrogens (tertiary/aromatic N) is 3. The van der Waals surface area contributed by atoms with Crippen molar-refractivity contribution < 1.29 is 0 Å². The molecule has 0 aromatic carbocycles. The van der Waals surface area contributed by atoms with E-state index in [1.165, 1.54) is 0 Å². The molecule has 1 saturated carbocycles. The molecule has 1 rings (SSSR count). The van der Waals surface area contributed by atoms with Gasteiger partial charge in [0.25, 0.3) is 0 Å². The number of hydrogen-bond acceptors (Lipinski definition) is 1. The highest BCUT2D eigenvalue weighted by Crippen LogP contribution is 2.41. The Morgan fingerprint density at radius 2 is 1.45 bits per heavy atom. The molecule has 1 aliphatic rings. The van der Waals surface area contributed by atoms with Crippen LogP contribution in [0, 0.1) is 11.5 Å². The van der Waals surface area contributed by atoms with Crippen molar-refractivity contribution in [3.63, 3.8) is 0 Å². The molecule has 0 amide bonds. The van der Waals surface area contributed by atoms with E-state index in [-0.39, 0.29) is 0 Å². The fourth-order valence-corrected chi connectivity index (χ4v) is 9.27. The predicted molar refractivity (Wildman–Crippen MR) is 89.2 cm³/mol. The lowest BCUT2D eigenvalue weighted by Crippen LogP contribution is -2.43. The molecule has 0 bridgehead atoms. The monoisotopic (exact) mass is 291 g/mol. The van der Waals surface area contributed by atoms with E-state index in [4.69, 9.17) is 5.53 Å². The van der Waals surface area contributed by atoms with E-state index in [1.54, 1.807) is 0 Å². The molecule has 0 aromatic heterocycles. The Bertz CT molecular complexity index is 409. The van der Waals surface area contributed by atoms with Gasteiger partial charge in [-0.15, -0.1) is 5.54 Å². The average molecular weight is 292 g/mol. The van der Waals surface area contributed by atoms with Gasteiger partial charge >= 0.3 is 0 Å². The predicted octanol–water partition coefficient (Wildman–Crippen LogP) is 5.83. The van der Waals surface area contributed by atoms with E-state index in [9.17, 15) is 0 Å². The summed E-state index contributed by atoms with van der Waals surface area (Å²) < 4.78 is 0. The molecule has 0 aliphatic heterocycles. The van der Waals surface area contributed by atoms with Crippen LogP contribution in [0.1, 0.15) is 67.2 Å². The molecule has 0 unspecified atom stereocenters. The highest BCUT2D eigenvalue weighted by Gasteiger charge is 2.42. The first-order valence-electron chi connectivity index (χ1n) is 7.91. The SMILES string of the molecule is CC(C)[Si](C#CC1(N=[N+]=[N-])CCCC1)(C(C)C)C(C)C. The third kappa shape index (κ3) is 3.21. The standard InChI is InChI=1S/C16H29N3Si/c1-13(2)20(14(3)4,15(5)6)12-11-16(18-19-17)9-7-8-10-16/h13-15H,7-10H2,1-6H3. The van der Waals surface area contributed by atoms with Gasteiger partial charge in [-0.25, -0.2) is 0 Å². The largest absolute Gasteiger partial charge is 0.145 e. The molecule has 20 heavy (non-hydrogen) atoms. The van der Waals surface area contributed by atoms with Crippen molar-refractivity contribution in [2.24, 2.45) is 5.11 Å². The number of rotatable bonds is 4. The molecular formula is C16H29N3Si. The Morgan fingerprint density at radius 3 is 1.80 bits per heavy atom. The topological polar surface area (TPSA) is 48.8 Å². The third-order valence-corrected chi connectivity index (χ3v) is 11.3. The fourth-order valence-electron chi connectivity index (χ4n) is 3.95. The zero-order valence-corrected chi connectivity index (χ0v) is 14.9. The van der Waals surface area contributed by atoms with E-state index in [1.807, 2.05) is 0 Å². The third-order valence-electron chi connectivity index (χ3n) is 5.04. The van der Waals surface area contributed by atoms with Crippen molar-refractivity contribution in [3.8, 4) is 11.5 Å². The van der Waals surface area contributed by atoms with Crippen LogP contribution in [0.3, 0.4) is 0 Å². The van der Waals surface area contributed by atoms with E-state index in [0.29, 0.717) is 16.6 Å². The Kier molecular flexibility index (Phi) is 5.74. The summed E-state index contributed by atoms with van der Waals surface area (Å²) in [6.07, 6.45) is 4.13. The van der Waals surface area contributed by atoms with Gasteiger partial charge in [-0.1, -0.05) is 65.4 Å². The Morgan fingerprint density at radius 1 is 1.00 bits per heavy atom. The molecular weight excluding hydrogens is 262 g/mol. The van der Waals surface area contributed by atoms with Crippen LogP contribution in [0.2, 0.25) is 16.6 Å². The molecule has 3 nitrogen and oxygen atoms in total.